The van der Waals surface area contributed by atoms with Gasteiger partial charge in [0.25, 0.3) is 0 Å². The third-order valence-corrected chi connectivity index (χ3v) is 7.80. The highest BCUT2D eigenvalue weighted by molar-refractivity contribution is 7.89. The lowest BCUT2D eigenvalue weighted by molar-refractivity contribution is -0.119. The van der Waals surface area contributed by atoms with E-state index in [1.807, 2.05) is 31.2 Å². The Morgan fingerprint density at radius 2 is 1.90 bits per heavy atom. The summed E-state index contributed by atoms with van der Waals surface area (Å²) < 4.78 is 34.5. The number of carbonyl (C=O) groups excluding carboxylic acids is 1. The number of carbonyl (C=O) groups is 1. The number of ether oxygens (including phenoxy) is 1. The fourth-order valence-electron chi connectivity index (χ4n) is 4.27. The van der Waals surface area contributed by atoms with Crippen molar-refractivity contribution < 1.29 is 17.9 Å². The second kappa shape index (κ2) is 7.55. The molecule has 8 nitrogen and oxygen atoms in total. The summed E-state index contributed by atoms with van der Waals surface area (Å²) in [6, 6.07) is 7.95. The van der Waals surface area contributed by atoms with Crippen molar-refractivity contribution in [1.82, 2.24) is 14.1 Å². The summed E-state index contributed by atoms with van der Waals surface area (Å²) in [5.74, 6) is -0.0941. The predicted molar refractivity (Wildman–Crippen MR) is 108 cm³/mol. The van der Waals surface area contributed by atoms with Crippen molar-refractivity contribution >= 4 is 21.6 Å². The number of fused-ring (bicyclic) bond motifs is 1. The Hall–Kier alpha value is -2.23. The number of hydrogen-bond donors (Lipinski definition) is 0. The van der Waals surface area contributed by atoms with Gasteiger partial charge in [-0.05, 0) is 38.8 Å². The van der Waals surface area contributed by atoms with Crippen molar-refractivity contribution in [3.8, 4) is 0 Å². The number of morpholine rings is 1. The van der Waals surface area contributed by atoms with Gasteiger partial charge in [0.15, 0.2) is 0 Å². The van der Waals surface area contributed by atoms with Gasteiger partial charge < -0.3 is 9.64 Å². The molecule has 2 aliphatic heterocycles. The van der Waals surface area contributed by atoms with Crippen LogP contribution >= 0.6 is 0 Å². The van der Waals surface area contributed by atoms with Gasteiger partial charge in [-0.2, -0.15) is 9.40 Å². The second-order valence-electron chi connectivity index (χ2n) is 7.62. The quantitative estimate of drug-likeness (QED) is 0.751. The molecule has 1 amide bonds. The van der Waals surface area contributed by atoms with Crippen LogP contribution in [0.25, 0.3) is 0 Å². The zero-order valence-electron chi connectivity index (χ0n) is 17.0. The van der Waals surface area contributed by atoms with Gasteiger partial charge in [0.05, 0.1) is 24.6 Å². The molecule has 1 aromatic carbocycles. The molecule has 1 saturated heterocycles. The maximum absolute atomic E-state index is 13.1. The first-order chi connectivity index (χ1) is 13.8. The van der Waals surface area contributed by atoms with Gasteiger partial charge in [-0.25, -0.2) is 8.42 Å². The lowest BCUT2D eigenvalue weighted by Gasteiger charge is -2.26. The predicted octanol–water partition coefficient (Wildman–Crippen LogP) is 1.50. The van der Waals surface area contributed by atoms with Gasteiger partial charge in [-0.15, -0.1) is 0 Å². The van der Waals surface area contributed by atoms with Gasteiger partial charge in [-0.3, -0.25) is 9.48 Å². The van der Waals surface area contributed by atoms with Crippen LogP contribution in [0, 0.1) is 13.8 Å². The van der Waals surface area contributed by atoms with Crippen molar-refractivity contribution in [2.45, 2.75) is 44.7 Å². The van der Waals surface area contributed by atoms with Crippen molar-refractivity contribution in [1.29, 1.82) is 0 Å². The second-order valence-corrected chi connectivity index (χ2v) is 9.49. The fraction of sp³-hybridized carbons (Fsp3) is 0.500. The molecule has 0 N–H and O–H groups in total. The van der Waals surface area contributed by atoms with Gasteiger partial charge in [0.2, 0.25) is 15.9 Å². The third kappa shape index (κ3) is 3.47. The van der Waals surface area contributed by atoms with Crippen LogP contribution in [0.2, 0.25) is 0 Å². The first-order valence-electron chi connectivity index (χ1n) is 9.82. The number of rotatable bonds is 4. The number of anilines is 1. The number of nitrogens with zero attached hydrogens (tertiary/aromatic N) is 4. The van der Waals surface area contributed by atoms with Gasteiger partial charge in [-0.1, -0.05) is 18.2 Å². The molecular formula is C20H26N4O4S. The molecule has 1 aromatic heterocycles. The summed E-state index contributed by atoms with van der Waals surface area (Å²) in [6.45, 7) is 6.83. The molecular weight excluding hydrogens is 392 g/mol. The smallest absolute Gasteiger partial charge is 0.248 e. The summed E-state index contributed by atoms with van der Waals surface area (Å²) in [7, 11) is -3.67. The monoisotopic (exact) mass is 418 g/mol. The van der Waals surface area contributed by atoms with E-state index < -0.39 is 10.0 Å². The Morgan fingerprint density at radius 1 is 1.21 bits per heavy atom. The average molecular weight is 419 g/mol. The summed E-state index contributed by atoms with van der Waals surface area (Å²) in [4.78, 5) is 15.1. The van der Waals surface area contributed by atoms with E-state index in [1.54, 1.807) is 18.7 Å². The lowest BCUT2D eigenvalue weighted by Crippen LogP contribution is -2.41. The topological polar surface area (TPSA) is 84.7 Å². The van der Waals surface area contributed by atoms with E-state index in [-0.39, 0.29) is 23.4 Å². The summed E-state index contributed by atoms with van der Waals surface area (Å²) in [5.41, 5.74) is 2.98. The Bertz CT molecular complexity index is 1040. The molecule has 0 bridgehead atoms. The Labute approximate surface area is 171 Å². The van der Waals surface area contributed by atoms with Crippen LogP contribution in [-0.2, 0) is 32.5 Å². The van der Waals surface area contributed by atoms with Gasteiger partial charge in [0.1, 0.15) is 11.4 Å². The standard InChI is InChI=1S/C20H26N4O4S/c1-14-12-17-6-4-5-7-18(17)24(14)19(25)13-23-16(3)20(15(2)21-23)29(26,27)22-8-10-28-11-9-22/h4-7,14H,8-13H2,1-3H3/t14-/m1/s1. The van der Waals surface area contributed by atoms with Crippen molar-refractivity contribution in [2.75, 3.05) is 31.2 Å². The normalized spacial score (nSPS) is 20.1. The third-order valence-electron chi connectivity index (χ3n) is 5.64. The first kappa shape index (κ1) is 20.1. The fourth-order valence-corrected chi connectivity index (χ4v) is 6.05. The molecule has 1 fully saturated rings. The molecule has 156 valence electrons. The number of aryl methyl sites for hydroxylation is 1. The maximum Gasteiger partial charge on any atom is 0.248 e. The first-order valence-corrected chi connectivity index (χ1v) is 11.3. The number of sulfonamides is 1. The van der Waals surface area contributed by atoms with Crippen LogP contribution in [0.3, 0.4) is 0 Å². The molecule has 4 rings (SSSR count). The molecule has 0 saturated carbocycles. The number of benzene rings is 1. The zero-order valence-corrected chi connectivity index (χ0v) is 17.8. The highest BCUT2D eigenvalue weighted by Gasteiger charge is 2.34. The van der Waals surface area contributed by atoms with E-state index in [2.05, 4.69) is 5.10 Å². The summed E-state index contributed by atoms with van der Waals surface area (Å²) in [6.07, 6.45) is 0.815. The molecule has 0 spiro atoms. The number of hydrogen-bond acceptors (Lipinski definition) is 5. The summed E-state index contributed by atoms with van der Waals surface area (Å²) in [5, 5.41) is 4.40. The molecule has 0 aliphatic carbocycles. The Kier molecular flexibility index (Phi) is 5.22. The Morgan fingerprint density at radius 3 is 2.62 bits per heavy atom. The largest absolute Gasteiger partial charge is 0.379 e. The van der Waals surface area contributed by atoms with Crippen LogP contribution in [0.1, 0.15) is 23.9 Å². The van der Waals surface area contributed by atoms with E-state index >= 15 is 0 Å². The van der Waals surface area contributed by atoms with Crippen LogP contribution in [0.15, 0.2) is 29.2 Å². The maximum atomic E-state index is 13.1. The van der Waals surface area contributed by atoms with Gasteiger partial charge >= 0.3 is 0 Å². The molecule has 3 heterocycles. The van der Waals surface area contributed by atoms with Gasteiger partial charge in [0, 0.05) is 24.8 Å². The SMILES string of the molecule is Cc1nn(CC(=O)N2c3ccccc3C[C@H]2C)c(C)c1S(=O)(=O)N1CCOCC1. The number of para-hydroxylation sites is 1. The van der Waals surface area contributed by atoms with Crippen LogP contribution in [0.5, 0.6) is 0 Å². The average Bonchev–Trinajstić information content (AvgIpc) is 3.17. The molecule has 29 heavy (non-hydrogen) atoms. The highest BCUT2D eigenvalue weighted by Crippen LogP contribution is 2.32. The van der Waals surface area contributed by atoms with E-state index in [0.29, 0.717) is 37.7 Å². The number of amides is 1. The molecule has 2 aliphatic rings. The molecule has 2 aromatic rings. The number of aromatic nitrogens is 2. The van der Waals surface area contributed by atoms with Crippen molar-refractivity contribution in [3.05, 3.63) is 41.2 Å². The minimum Gasteiger partial charge on any atom is -0.379 e. The summed E-state index contributed by atoms with van der Waals surface area (Å²) >= 11 is 0. The van der Waals surface area contributed by atoms with Crippen molar-refractivity contribution in [3.63, 3.8) is 0 Å². The molecule has 0 radical (unpaired) electrons. The van der Waals surface area contributed by atoms with Crippen molar-refractivity contribution in [2.24, 2.45) is 0 Å². The lowest BCUT2D eigenvalue weighted by atomic mass is 10.1. The minimum absolute atomic E-state index is 0.00395. The van der Waals surface area contributed by atoms with E-state index in [4.69, 9.17) is 4.74 Å². The van der Waals surface area contributed by atoms with E-state index in [1.165, 1.54) is 8.99 Å². The van der Waals surface area contributed by atoms with Crippen LogP contribution in [-0.4, -0.2) is 60.8 Å². The Balaban J connectivity index is 1.61. The zero-order chi connectivity index (χ0) is 20.8. The van der Waals surface area contributed by atoms with Crippen LogP contribution in [0.4, 0.5) is 5.69 Å². The molecule has 9 heteroatoms. The molecule has 0 unspecified atom stereocenters. The minimum atomic E-state index is -3.67. The van der Waals surface area contributed by atoms with E-state index in [9.17, 15) is 13.2 Å². The molecule has 1 atom stereocenters. The van der Waals surface area contributed by atoms with E-state index in [0.717, 1.165) is 17.7 Å². The highest BCUT2D eigenvalue weighted by atomic mass is 32.2. The van der Waals surface area contributed by atoms with Crippen LogP contribution < -0.4 is 4.90 Å².